The molecule has 0 saturated carbocycles. The summed E-state index contributed by atoms with van der Waals surface area (Å²) in [6.45, 7) is 14.6. The van der Waals surface area contributed by atoms with Gasteiger partial charge < -0.3 is 4.84 Å². The highest BCUT2D eigenvalue weighted by atomic mass is 79.9. The molecule has 0 radical (unpaired) electrons. The predicted octanol–water partition coefficient (Wildman–Crippen LogP) is 7.54. The molecular formula is C29H32BrNO2. The summed E-state index contributed by atoms with van der Waals surface area (Å²) in [5.41, 5.74) is 4.15. The summed E-state index contributed by atoms with van der Waals surface area (Å²) in [4.78, 5) is 20.0. The van der Waals surface area contributed by atoms with E-state index < -0.39 is 5.60 Å². The van der Waals surface area contributed by atoms with Crippen molar-refractivity contribution in [2.75, 3.05) is 0 Å². The Bertz CT molecular complexity index is 1160. The Hall–Kier alpha value is -2.46. The van der Waals surface area contributed by atoms with E-state index in [1.165, 1.54) is 5.56 Å². The van der Waals surface area contributed by atoms with Crippen LogP contribution in [0, 0.1) is 17.8 Å². The van der Waals surface area contributed by atoms with Crippen molar-refractivity contribution in [3.05, 3.63) is 93.0 Å². The first-order valence-corrected chi connectivity index (χ1v) is 12.2. The maximum atomic E-state index is 13.6. The molecule has 1 spiro atoms. The predicted molar refractivity (Wildman–Crippen MR) is 138 cm³/mol. The van der Waals surface area contributed by atoms with Crippen molar-refractivity contribution in [1.29, 1.82) is 0 Å². The number of benzene rings is 2. The summed E-state index contributed by atoms with van der Waals surface area (Å²) in [6, 6.07) is 16.6. The van der Waals surface area contributed by atoms with E-state index in [1.807, 2.05) is 30.4 Å². The van der Waals surface area contributed by atoms with Gasteiger partial charge in [-0.2, -0.15) is 0 Å². The van der Waals surface area contributed by atoms with E-state index in [9.17, 15) is 4.79 Å². The number of hydrogen-bond acceptors (Lipinski definition) is 3. The summed E-state index contributed by atoms with van der Waals surface area (Å²) in [7, 11) is 0. The van der Waals surface area contributed by atoms with Gasteiger partial charge in [0.25, 0.3) is 0 Å². The number of ketones is 1. The number of allylic oxidation sites excluding steroid dienone is 2. The lowest BCUT2D eigenvalue weighted by Gasteiger charge is -2.38. The van der Waals surface area contributed by atoms with E-state index in [0.29, 0.717) is 0 Å². The molecule has 2 aromatic carbocycles. The number of aryl methyl sites for hydroxylation is 1. The fourth-order valence-corrected chi connectivity index (χ4v) is 5.34. The van der Waals surface area contributed by atoms with Gasteiger partial charge in [0.1, 0.15) is 5.71 Å². The van der Waals surface area contributed by atoms with Gasteiger partial charge in [0, 0.05) is 21.2 Å². The lowest BCUT2D eigenvalue weighted by atomic mass is 9.65. The van der Waals surface area contributed by atoms with Gasteiger partial charge >= 0.3 is 0 Å². The molecule has 4 heteroatoms. The second-order valence-corrected chi connectivity index (χ2v) is 12.0. The normalized spacial score (nSPS) is 20.3. The molecule has 2 aliphatic rings. The summed E-state index contributed by atoms with van der Waals surface area (Å²) >= 11 is 3.75. The highest BCUT2D eigenvalue weighted by molar-refractivity contribution is 9.10. The number of rotatable bonds is 2. The summed E-state index contributed by atoms with van der Waals surface area (Å²) in [5.74, 6) is -0.0958. The molecule has 0 saturated heterocycles. The third kappa shape index (κ3) is 4.26. The van der Waals surface area contributed by atoms with Gasteiger partial charge in [-0.1, -0.05) is 105 Å². The molecule has 0 aromatic heterocycles. The minimum atomic E-state index is -0.875. The SMILES string of the molecule is Cc1ccc(C2=NOC3(C=C(C(C)(C)C)C(=O)C(C(C)(C)C)=C3)C2c2ccccc2)c(Br)c1. The van der Waals surface area contributed by atoms with E-state index >= 15 is 0 Å². The smallest absolute Gasteiger partial charge is 0.187 e. The molecule has 3 nitrogen and oxygen atoms in total. The number of hydrogen-bond donors (Lipinski definition) is 0. The third-order valence-electron chi connectivity index (χ3n) is 6.41. The standard InChI is InChI=1S/C29H32BrNO2/c1-18-13-14-20(23(30)15-18)25-24(19-11-9-8-10-12-19)29(33-31-25)16-21(27(2,3)4)26(32)22(17-29)28(5,6)7/h8-17,24H,1-7H3. The Balaban J connectivity index is 1.99. The number of oxime groups is 1. The Morgan fingerprint density at radius 3 is 2.00 bits per heavy atom. The van der Waals surface area contributed by atoms with E-state index in [2.05, 4.69) is 99.9 Å². The number of carbonyl (C=O) groups is 1. The largest absolute Gasteiger partial charge is 0.379 e. The summed E-state index contributed by atoms with van der Waals surface area (Å²) in [5, 5.41) is 4.68. The molecule has 33 heavy (non-hydrogen) atoms. The molecule has 1 aliphatic heterocycles. The van der Waals surface area contributed by atoms with Crippen LogP contribution in [0.2, 0.25) is 0 Å². The fourth-order valence-electron chi connectivity index (χ4n) is 4.65. The van der Waals surface area contributed by atoms with Crippen molar-refractivity contribution in [2.24, 2.45) is 16.0 Å². The number of halogens is 1. The zero-order chi connectivity index (χ0) is 24.2. The molecule has 172 valence electrons. The van der Waals surface area contributed by atoms with Crippen LogP contribution in [0.25, 0.3) is 0 Å². The van der Waals surface area contributed by atoms with Crippen LogP contribution < -0.4 is 0 Å². The molecule has 1 atom stereocenters. The van der Waals surface area contributed by atoms with Gasteiger partial charge in [-0.15, -0.1) is 0 Å². The van der Waals surface area contributed by atoms with E-state index in [1.54, 1.807) is 0 Å². The molecule has 0 amide bonds. The van der Waals surface area contributed by atoms with Crippen molar-refractivity contribution >= 4 is 27.4 Å². The lowest BCUT2D eigenvalue weighted by molar-refractivity contribution is -0.114. The maximum Gasteiger partial charge on any atom is 0.187 e. The van der Waals surface area contributed by atoms with Crippen LogP contribution in [-0.4, -0.2) is 17.1 Å². The zero-order valence-electron chi connectivity index (χ0n) is 20.5. The van der Waals surface area contributed by atoms with Crippen LogP contribution in [0.5, 0.6) is 0 Å². The van der Waals surface area contributed by atoms with E-state index in [0.717, 1.165) is 32.5 Å². The third-order valence-corrected chi connectivity index (χ3v) is 7.06. The fraction of sp³-hybridized carbons (Fsp3) is 0.379. The first-order chi connectivity index (χ1) is 15.3. The first kappa shape index (κ1) is 23.7. The second kappa shape index (κ2) is 8.09. The number of nitrogens with zero attached hydrogens (tertiary/aromatic N) is 1. The minimum Gasteiger partial charge on any atom is -0.379 e. The van der Waals surface area contributed by atoms with Crippen LogP contribution in [0.1, 0.15) is 64.2 Å². The van der Waals surface area contributed by atoms with Crippen LogP contribution in [0.15, 0.2) is 81.5 Å². The van der Waals surface area contributed by atoms with Gasteiger partial charge in [0.2, 0.25) is 0 Å². The molecular weight excluding hydrogens is 474 g/mol. The van der Waals surface area contributed by atoms with Crippen molar-refractivity contribution in [2.45, 2.75) is 60.0 Å². The molecule has 1 unspecified atom stereocenters. The Morgan fingerprint density at radius 1 is 0.909 bits per heavy atom. The lowest BCUT2D eigenvalue weighted by Crippen LogP contribution is -2.41. The number of carbonyl (C=O) groups excluding carboxylic acids is 1. The molecule has 0 bridgehead atoms. The van der Waals surface area contributed by atoms with E-state index in [-0.39, 0.29) is 22.5 Å². The molecule has 1 heterocycles. The monoisotopic (exact) mass is 505 g/mol. The molecule has 4 rings (SSSR count). The van der Waals surface area contributed by atoms with Gasteiger partial charge in [-0.05, 0) is 47.1 Å². The van der Waals surface area contributed by atoms with Gasteiger partial charge in [-0.25, -0.2) is 0 Å². The van der Waals surface area contributed by atoms with Crippen LogP contribution in [0.3, 0.4) is 0 Å². The summed E-state index contributed by atoms with van der Waals surface area (Å²) in [6.07, 6.45) is 4.06. The molecule has 1 aliphatic carbocycles. The molecule has 0 fully saturated rings. The van der Waals surface area contributed by atoms with Crippen LogP contribution >= 0.6 is 15.9 Å². The number of Topliss-reactive ketones (excluding diaryl/α,β-unsaturated/α-hetero) is 1. The average molecular weight is 506 g/mol. The van der Waals surface area contributed by atoms with Gasteiger partial charge in [0.05, 0.1) is 5.92 Å². The Morgan fingerprint density at radius 2 is 1.48 bits per heavy atom. The first-order valence-electron chi connectivity index (χ1n) is 11.4. The minimum absolute atomic E-state index is 0.0982. The van der Waals surface area contributed by atoms with Crippen molar-refractivity contribution in [3.8, 4) is 0 Å². The highest BCUT2D eigenvalue weighted by Gasteiger charge is 2.52. The van der Waals surface area contributed by atoms with E-state index in [4.69, 9.17) is 4.84 Å². The second-order valence-electron chi connectivity index (χ2n) is 11.2. The van der Waals surface area contributed by atoms with Gasteiger partial charge in [0.15, 0.2) is 11.4 Å². The summed E-state index contributed by atoms with van der Waals surface area (Å²) < 4.78 is 0.981. The van der Waals surface area contributed by atoms with Crippen molar-refractivity contribution in [1.82, 2.24) is 0 Å². The topological polar surface area (TPSA) is 38.7 Å². The maximum absolute atomic E-state index is 13.6. The van der Waals surface area contributed by atoms with Crippen LogP contribution in [-0.2, 0) is 9.63 Å². The van der Waals surface area contributed by atoms with Crippen molar-refractivity contribution in [3.63, 3.8) is 0 Å². The van der Waals surface area contributed by atoms with Crippen LogP contribution in [0.4, 0.5) is 0 Å². The quantitative estimate of drug-likeness (QED) is 0.422. The molecule has 0 N–H and O–H groups in total. The zero-order valence-corrected chi connectivity index (χ0v) is 22.1. The Kier molecular flexibility index (Phi) is 5.81. The van der Waals surface area contributed by atoms with Gasteiger partial charge in [-0.3, -0.25) is 4.79 Å². The highest BCUT2D eigenvalue weighted by Crippen LogP contribution is 2.50. The van der Waals surface area contributed by atoms with Crippen molar-refractivity contribution < 1.29 is 9.63 Å². The average Bonchev–Trinajstić information content (AvgIpc) is 3.07. The molecule has 2 aromatic rings. The Labute approximate surface area is 205 Å².